The fourth-order valence-electron chi connectivity index (χ4n) is 11.8. The maximum atomic E-state index is 14.0. The molecule has 4 N–H and O–H groups in total. The molecule has 2 unspecified atom stereocenters. The van der Waals surface area contributed by atoms with Gasteiger partial charge in [0.15, 0.2) is 5.78 Å². The summed E-state index contributed by atoms with van der Waals surface area (Å²) in [5, 5.41) is 25.0. The maximum absolute atomic E-state index is 14.0. The molecule has 5 aromatic rings. The lowest BCUT2D eigenvalue weighted by Crippen LogP contribution is -2.60. The monoisotopic (exact) mass is 916 g/mol. The minimum Gasteiger partial charge on any atom is -0.464 e. The number of benzene rings is 2. The first-order valence-electron chi connectivity index (χ1n) is 24.1. The van der Waals surface area contributed by atoms with E-state index in [4.69, 9.17) is 14.5 Å². The van der Waals surface area contributed by atoms with Gasteiger partial charge in [-0.1, -0.05) is 32.0 Å². The maximum Gasteiger partial charge on any atom is 0.305 e. The van der Waals surface area contributed by atoms with E-state index in [1.807, 2.05) is 31.2 Å². The van der Waals surface area contributed by atoms with Crippen molar-refractivity contribution in [1.82, 2.24) is 15.0 Å². The highest BCUT2D eigenvalue weighted by atomic mass is 16.6. The van der Waals surface area contributed by atoms with Crippen LogP contribution in [-0.4, -0.2) is 74.0 Å². The van der Waals surface area contributed by atoms with Crippen LogP contribution >= 0.6 is 0 Å². The Hall–Kier alpha value is -6.73. The average molecular weight is 917 g/mol. The number of nitro groups is 1. The predicted molar refractivity (Wildman–Crippen MR) is 265 cm³/mol. The third kappa shape index (κ3) is 7.19. The molecule has 0 saturated carbocycles. The van der Waals surface area contributed by atoms with E-state index in [9.17, 15) is 24.8 Å². The van der Waals surface area contributed by atoms with Crippen LogP contribution in [-0.2, 0) is 27.8 Å². The number of non-ortho nitro benzene ring substituents is 1. The topological polar surface area (TPSA) is 179 Å². The third-order valence-electron chi connectivity index (χ3n) is 15.7. The number of unbranched alkanes of at least 4 members (excludes halogenated alkanes) is 1. The van der Waals surface area contributed by atoms with Crippen molar-refractivity contribution in [3.05, 3.63) is 136 Å². The molecule has 5 aliphatic rings. The Morgan fingerprint density at radius 2 is 1.76 bits per heavy atom. The molecule has 68 heavy (non-hydrogen) atoms. The van der Waals surface area contributed by atoms with E-state index in [0.717, 1.165) is 97.7 Å². The summed E-state index contributed by atoms with van der Waals surface area (Å²) in [4.78, 5) is 57.8. The van der Waals surface area contributed by atoms with Crippen molar-refractivity contribution >= 4 is 58.7 Å². The molecule has 2 aromatic carbocycles. The van der Waals surface area contributed by atoms with Crippen molar-refractivity contribution in [3.63, 3.8) is 0 Å². The van der Waals surface area contributed by atoms with Crippen LogP contribution in [0.4, 0.5) is 11.4 Å². The highest BCUT2D eigenvalue weighted by Gasteiger charge is 2.58. The van der Waals surface area contributed by atoms with Crippen molar-refractivity contribution in [2.24, 2.45) is 16.8 Å². The largest absolute Gasteiger partial charge is 0.464 e. The van der Waals surface area contributed by atoms with Gasteiger partial charge in [-0.15, -0.1) is 0 Å². The number of nitro benzene ring substituents is 1. The molecule has 1 spiro atoms. The molecule has 0 saturated heterocycles. The Kier molecular flexibility index (Phi) is 11.3. The fraction of sp³-hybridized carbons (Fsp3) is 0.400. The van der Waals surface area contributed by atoms with E-state index in [0.29, 0.717) is 24.3 Å². The average Bonchev–Trinajstić information content (AvgIpc) is 4.11. The zero-order valence-corrected chi connectivity index (χ0v) is 40.0. The lowest BCUT2D eigenvalue weighted by atomic mass is 9.76. The van der Waals surface area contributed by atoms with E-state index in [-0.39, 0.29) is 61.4 Å². The molecule has 3 aromatic heterocycles. The Morgan fingerprint density at radius 3 is 2.54 bits per heavy atom. The quantitative estimate of drug-likeness (QED) is 0.0470. The summed E-state index contributed by atoms with van der Waals surface area (Å²) < 4.78 is 12.9. The molecule has 13 heteroatoms. The normalized spacial score (nSPS) is 22.0. The molecule has 0 fully saturated rings. The first-order chi connectivity index (χ1) is 32.6. The number of hydrogen-bond donors (Lipinski definition) is 4. The highest BCUT2D eigenvalue weighted by Crippen LogP contribution is 2.55. The smallest absolute Gasteiger partial charge is 0.305 e. The zero-order chi connectivity index (χ0) is 47.8. The molecule has 7 heterocycles. The number of para-hydroxylation sites is 1. The number of hydrogen-bond acceptors (Lipinski definition) is 9. The number of carbonyl (C=O) groups is 2. The number of ketones is 1. The number of esters is 1. The Balaban J connectivity index is 0.954. The van der Waals surface area contributed by atoms with Gasteiger partial charge >= 0.3 is 5.97 Å². The van der Waals surface area contributed by atoms with Crippen molar-refractivity contribution in [3.8, 4) is 5.75 Å². The lowest BCUT2D eigenvalue weighted by molar-refractivity contribution is -0.384. The zero-order valence-electron chi connectivity index (χ0n) is 40.0. The van der Waals surface area contributed by atoms with Gasteiger partial charge in [-0.3, -0.25) is 24.7 Å². The fourth-order valence-corrected chi connectivity index (χ4v) is 11.8. The number of aliphatic hydroxyl groups excluding tert-OH is 1. The number of H-pyrrole nitrogens is 3. The van der Waals surface area contributed by atoms with Gasteiger partial charge in [-0.2, -0.15) is 0 Å². The van der Waals surface area contributed by atoms with Crippen LogP contribution in [0.15, 0.2) is 53.5 Å². The van der Waals surface area contributed by atoms with E-state index >= 15 is 0 Å². The molecule has 4 atom stereocenters. The van der Waals surface area contributed by atoms with Crippen LogP contribution in [0, 0.1) is 42.7 Å². The number of rotatable bonds is 12. The van der Waals surface area contributed by atoms with E-state index in [2.05, 4.69) is 91.8 Å². The Morgan fingerprint density at radius 1 is 0.985 bits per heavy atom. The third-order valence-corrected chi connectivity index (χ3v) is 15.7. The van der Waals surface area contributed by atoms with Crippen LogP contribution < -0.4 is 31.0 Å². The Bertz CT molecular complexity index is 3260. The summed E-state index contributed by atoms with van der Waals surface area (Å²) in [5.41, 5.74) is 11.5. The molecule has 13 nitrogen and oxygen atoms in total. The molecule has 4 aliphatic heterocycles. The number of aromatic amines is 3. The molecular weight excluding hydrogens is 857 g/mol. The summed E-state index contributed by atoms with van der Waals surface area (Å²) >= 11 is 0. The van der Waals surface area contributed by atoms with Gasteiger partial charge in [-0.25, -0.2) is 0 Å². The van der Waals surface area contributed by atoms with Gasteiger partial charge < -0.3 is 34.4 Å². The van der Waals surface area contributed by atoms with Crippen LogP contribution in [0.5, 0.6) is 5.75 Å². The number of Topliss-reactive ketones (excluding diaryl/α,β-unsaturated/α-hetero) is 1. The number of nitrogens with one attached hydrogen (secondary N) is 3. The molecule has 10 rings (SSSR count). The molecular formula is C55H60N6O7. The minimum atomic E-state index is -0.985. The second-order valence-corrected chi connectivity index (χ2v) is 19.7. The van der Waals surface area contributed by atoms with Crippen LogP contribution in [0.1, 0.15) is 120 Å². The number of aliphatic imine (C=N–C) groups is 1. The summed E-state index contributed by atoms with van der Waals surface area (Å²) in [6.07, 6.45) is 14.6. The van der Waals surface area contributed by atoms with E-state index < -0.39 is 16.1 Å². The SMILES string of the molecule is CCc1c2[nH]c(c1C)C=c1[nH]c(c(C)c1CCCCO)=CC1=NC(C3=c4[nH]/c(c(C)c4C(=O)C3)=C\2)[C@@H](CCC(=O)OCCN2c3ccccc3C(C)(C)C23C=Cc2cc([N+](=O)[O-])ccc2O3)[C@@H]1C. The Labute approximate surface area is 395 Å². The number of anilines is 1. The standard InChI is InChI=1S/C55H60N6O7/c1-8-36-30(2)42-28-46-37(13-11-12-23-62)31(3)41(57-46)27-43-32(4)38(52(58-43)39-26-48(63)51-33(5)44(59-53(39)51)29-45(36)56-42)17-19-50(64)67-24-22-60-47-15-10-9-14-40(47)54(6,7)55(60)21-20-34-25-35(61(65)66)16-18-49(34)68-55/h9-10,14-16,18,20-21,25,27-29,32,38,52,56-57,59,62H,8,11-13,17,19,22-24,26H2,1-7H3/b41-27?,44-29-,46-28?/t32-,38-,52?,55?/m0/s1. The number of ether oxygens (including phenoxy) is 2. The first kappa shape index (κ1) is 45.1. The van der Waals surface area contributed by atoms with Gasteiger partial charge in [0.25, 0.3) is 5.69 Å². The number of aliphatic hydroxyl groups is 1. The first-order valence-corrected chi connectivity index (χ1v) is 24.1. The van der Waals surface area contributed by atoms with Gasteiger partial charge in [0.2, 0.25) is 5.72 Å². The van der Waals surface area contributed by atoms with E-state index in [1.54, 1.807) is 6.07 Å². The second kappa shape index (κ2) is 17.1. The summed E-state index contributed by atoms with van der Waals surface area (Å²) in [7, 11) is 0. The number of carbonyl (C=O) groups excluding carboxylic acids is 2. The van der Waals surface area contributed by atoms with Gasteiger partial charge in [0, 0.05) is 87.5 Å². The predicted octanol–water partition coefficient (Wildman–Crippen LogP) is 6.57. The van der Waals surface area contributed by atoms with Gasteiger partial charge in [0.1, 0.15) is 12.4 Å². The highest BCUT2D eigenvalue weighted by molar-refractivity contribution is 6.14. The summed E-state index contributed by atoms with van der Waals surface area (Å²) in [6.45, 7) is 15.5. The lowest BCUT2D eigenvalue weighted by Gasteiger charge is -2.47. The summed E-state index contributed by atoms with van der Waals surface area (Å²) in [5.74, 6) is 0.198. The molecule has 8 bridgehead atoms. The van der Waals surface area contributed by atoms with Gasteiger partial charge in [0.05, 0.1) is 28.3 Å². The van der Waals surface area contributed by atoms with Crippen LogP contribution in [0.25, 0.3) is 29.9 Å². The van der Waals surface area contributed by atoms with Crippen LogP contribution in [0.3, 0.4) is 0 Å². The summed E-state index contributed by atoms with van der Waals surface area (Å²) in [6, 6.07) is 12.4. The molecule has 0 amide bonds. The van der Waals surface area contributed by atoms with Crippen molar-refractivity contribution < 1.29 is 29.1 Å². The molecule has 1 aliphatic carbocycles. The van der Waals surface area contributed by atoms with Gasteiger partial charge in [-0.05, 0) is 154 Å². The minimum absolute atomic E-state index is 0.00716. The number of fused-ring (bicyclic) bond motifs is 9. The molecule has 352 valence electrons. The number of nitrogens with zero attached hydrogens (tertiary/aromatic N) is 3. The number of aromatic nitrogens is 3. The van der Waals surface area contributed by atoms with E-state index in [1.165, 1.54) is 28.8 Å². The van der Waals surface area contributed by atoms with Crippen molar-refractivity contribution in [2.75, 3.05) is 24.7 Å². The van der Waals surface area contributed by atoms with Crippen LogP contribution in [0.2, 0.25) is 0 Å². The van der Waals surface area contributed by atoms with Crippen molar-refractivity contribution in [1.29, 1.82) is 0 Å². The second-order valence-electron chi connectivity index (χ2n) is 19.7. The van der Waals surface area contributed by atoms with Crippen molar-refractivity contribution in [2.45, 2.75) is 111 Å². The molecule has 0 radical (unpaired) electrons.